The molecule has 1 aliphatic rings. The SMILES string of the molecule is Cl.NCC1CCCC(F)(F)CC1. The standard InChI is InChI=1S/C8H15F2N.ClH/c9-8(10)4-1-2-7(6-11)3-5-8;/h7H,1-6,11H2;1H. The first-order valence-electron chi connectivity index (χ1n) is 4.22. The maximum atomic E-state index is 12.7. The van der Waals surface area contributed by atoms with E-state index in [-0.39, 0.29) is 25.2 Å². The molecule has 0 spiro atoms. The minimum atomic E-state index is -2.41. The Morgan fingerprint density at radius 3 is 2.50 bits per heavy atom. The van der Waals surface area contributed by atoms with Crippen LogP contribution in [-0.2, 0) is 0 Å². The number of alkyl halides is 2. The van der Waals surface area contributed by atoms with Gasteiger partial charge in [0.25, 0.3) is 0 Å². The average molecular weight is 200 g/mol. The third kappa shape index (κ3) is 3.68. The molecule has 1 aliphatic carbocycles. The summed E-state index contributed by atoms with van der Waals surface area (Å²) < 4.78 is 25.5. The number of halogens is 3. The summed E-state index contributed by atoms with van der Waals surface area (Å²) in [7, 11) is 0. The molecule has 0 aromatic heterocycles. The van der Waals surface area contributed by atoms with E-state index in [9.17, 15) is 8.78 Å². The molecule has 0 bridgehead atoms. The van der Waals surface area contributed by atoms with Crippen LogP contribution in [0.2, 0.25) is 0 Å². The second-order valence-corrected chi connectivity index (χ2v) is 3.39. The normalized spacial score (nSPS) is 28.8. The Labute approximate surface area is 78.1 Å². The maximum absolute atomic E-state index is 12.7. The van der Waals surface area contributed by atoms with Crippen LogP contribution < -0.4 is 5.73 Å². The lowest BCUT2D eigenvalue weighted by atomic mass is 10.0. The molecule has 0 saturated heterocycles. The van der Waals surface area contributed by atoms with Crippen LogP contribution in [0.4, 0.5) is 8.78 Å². The van der Waals surface area contributed by atoms with Crippen molar-refractivity contribution in [1.29, 1.82) is 0 Å². The topological polar surface area (TPSA) is 26.0 Å². The maximum Gasteiger partial charge on any atom is 0.248 e. The summed E-state index contributed by atoms with van der Waals surface area (Å²) in [6.45, 7) is 0.566. The van der Waals surface area contributed by atoms with Crippen molar-refractivity contribution >= 4 is 12.4 Å². The highest BCUT2D eigenvalue weighted by atomic mass is 35.5. The van der Waals surface area contributed by atoms with E-state index in [0.29, 0.717) is 25.3 Å². The highest BCUT2D eigenvalue weighted by Gasteiger charge is 2.31. The molecule has 4 heteroatoms. The predicted octanol–water partition coefficient (Wildman–Crippen LogP) is 2.58. The summed E-state index contributed by atoms with van der Waals surface area (Å²) >= 11 is 0. The van der Waals surface area contributed by atoms with Gasteiger partial charge in [-0.1, -0.05) is 0 Å². The third-order valence-electron chi connectivity index (χ3n) is 2.41. The smallest absolute Gasteiger partial charge is 0.248 e. The van der Waals surface area contributed by atoms with Crippen molar-refractivity contribution in [2.24, 2.45) is 11.7 Å². The van der Waals surface area contributed by atoms with Gasteiger partial charge in [-0.15, -0.1) is 12.4 Å². The van der Waals surface area contributed by atoms with E-state index in [1.54, 1.807) is 0 Å². The van der Waals surface area contributed by atoms with Crippen LogP contribution in [0.5, 0.6) is 0 Å². The van der Waals surface area contributed by atoms with Gasteiger partial charge < -0.3 is 5.73 Å². The Morgan fingerprint density at radius 2 is 1.92 bits per heavy atom. The van der Waals surface area contributed by atoms with E-state index in [4.69, 9.17) is 5.73 Å². The molecular formula is C8H16ClF2N. The molecular weight excluding hydrogens is 184 g/mol. The molecule has 0 radical (unpaired) electrons. The molecule has 1 fully saturated rings. The fourth-order valence-electron chi connectivity index (χ4n) is 1.57. The number of hydrogen-bond acceptors (Lipinski definition) is 1. The molecule has 1 unspecified atom stereocenters. The fourth-order valence-corrected chi connectivity index (χ4v) is 1.57. The van der Waals surface area contributed by atoms with Crippen LogP contribution in [0.25, 0.3) is 0 Å². The van der Waals surface area contributed by atoms with Crippen molar-refractivity contribution in [2.75, 3.05) is 6.54 Å². The highest BCUT2D eigenvalue weighted by Crippen LogP contribution is 2.33. The van der Waals surface area contributed by atoms with Crippen molar-refractivity contribution in [3.8, 4) is 0 Å². The van der Waals surface area contributed by atoms with Gasteiger partial charge in [-0.05, 0) is 31.7 Å². The van der Waals surface area contributed by atoms with Crippen molar-refractivity contribution in [1.82, 2.24) is 0 Å². The monoisotopic (exact) mass is 199 g/mol. The summed E-state index contributed by atoms with van der Waals surface area (Å²) in [5.41, 5.74) is 5.42. The molecule has 12 heavy (non-hydrogen) atoms. The Morgan fingerprint density at radius 1 is 1.25 bits per heavy atom. The zero-order chi connectivity index (χ0) is 8.32. The van der Waals surface area contributed by atoms with Crippen molar-refractivity contribution in [3.63, 3.8) is 0 Å². The molecule has 2 N–H and O–H groups in total. The van der Waals surface area contributed by atoms with E-state index in [1.807, 2.05) is 0 Å². The van der Waals surface area contributed by atoms with Gasteiger partial charge in [-0.2, -0.15) is 0 Å². The lowest BCUT2D eigenvalue weighted by Gasteiger charge is -2.12. The van der Waals surface area contributed by atoms with E-state index in [2.05, 4.69) is 0 Å². The molecule has 0 aliphatic heterocycles. The van der Waals surface area contributed by atoms with Crippen molar-refractivity contribution < 1.29 is 8.78 Å². The fraction of sp³-hybridized carbons (Fsp3) is 1.00. The van der Waals surface area contributed by atoms with Crippen LogP contribution >= 0.6 is 12.4 Å². The molecule has 0 amide bonds. The molecule has 0 aromatic rings. The van der Waals surface area contributed by atoms with Gasteiger partial charge in [-0.3, -0.25) is 0 Å². The molecule has 1 rings (SSSR count). The highest BCUT2D eigenvalue weighted by molar-refractivity contribution is 5.85. The lowest BCUT2D eigenvalue weighted by Crippen LogP contribution is -2.16. The summed E-state index contributed by atoms with van der Waals surface area (Å²) in [5.74, 6) is -2.08. The van der Waals surface area contributed by atoms with Crippen LogP contribution in [0.1, 0.15) is 32.1 Å². The van der Waals surface area contributed by atoms with Gasteiger partial charge in [0.2, 0.25) is 5.92 Å². The minimum Gasteiger partial charge on any atom is -0.330 e. The van der Waals surface area contributed by atoms with Gasteiger partial charge in [-0.25, -0.2) is 8.78 Å². The molecule has 74 valence electrons. The van der Waals surface area contributed by atoms with Gasteiger partial charge in [0, 0.05) is 12.8 Å². The Hall–Kier alpha value is 0.110. The molecule has 1 saturated carbocycles. The van der Waals surface area contributed by atoms with Crippen LogP contribution in [0.3, 0.4) is 0 Å². The van der Waals surface area contributed by atoms with Crippen molar-refractivity contribution in [3.05, 3.63) is 0 Å². The number of nitrogens with two attached hydrogens (primary N) is 1. The van der Waals surface area contributed by atoms with Crippen LogP contribution in [-0.4, -0.2) is 12.5 Å². The molecule has 1 atom stereocenters. The van der Waals surface area contributed by atoms with E-state index in [1.165, 1.54) is 0 Å². The Kier molecular flexibility index (Phi) is 5.02. The van der Waals surface area contributed by atoms with Gasteiger partial charge >= 0.3 is 0 Å². The molecule has 0 heterocycles. The second-order valence-electron chi connectivity index (χ2n) is 3.39. The lowest BCUT2D eigenvalue weighted by molar-refractivity contribution is -0.0147. The third-order valence-corrected chi connectivity index (χ3v) is 2.41. The van der Waals surface area contributed by atoms with Gasteiger partial charge in [0.15, 0.2) is 0 Å². The number of hydrogen-bond donors (Lipinski definition) is 1. The largest absolute Gasteiger partial charge is 0.330 e. The quantitative estimate of drug-likeness (QED) is 0.646. The van der Waals surface area contributed by atoms with Gasteiger partial charge in [0.1, 0.15) is 0 Å². The zero-order valence-corrected chi connectivity index (χ0v) is 7.88. The predicted molar refractivity (Wildman–Crippen MR) is 47.8 cm³/mol. The van der Waals surface area contributed by atoms with E-state index in [0.717, 1.165) is 6.42 Å². The van der Waals surface area contributed by atoms with Crippen LogP contribution in [0.15, 0.2) is 0 Å². The average Bonchev–Trinajstić information content (AvgIpc) is 2.10. The number of rotatable bonds is 1. The Bertz CT molecular complexity index is 130. The first-order chi connectivity index (χ1) is 5.14. The van der Waals surface area contributed by atoms with Crippen molar-refractivity contribution in [2.45, 2.75) is 38.0 Å². The minimum absolute atomic E-state index is 0. The second kappa shape index (κ2) is 4.97. The summed E-state index contributed by atoms with van der Waals surface area (Å²) in [5, 5.41) is 0. The molecule has 1 nitrogen and oxygen atoms in total. The van der Waals surface area contributed by atoms with E-state index >= 15 is 0 Å². The molecule has 0 aromatic carbocycles. The summed E-state index contributed by atoms with van der Waals surface area (Å²) in [6.07, 6.45) is 2.21. The zero-order valence-electron chi connectivity index (χ0n) is 7.06. The first kappa shape index (κ1) is 12.1. The van der Waals surface area contributed by atoms with E-state index < -0.39 is 5.92 Å². The summed E-state index contributed by atoms with van der Waals surface area (Å²) in [4.78, 5) is 0. The first-order valence-corrected chi connectivity index (χ1v) is 4.22. The summed E-state index contributed by atoms with van der Waals surface area (Å²) in [6, 6.07) is 0. The van der Waals surface area contributed by atoms with Crippen LogP contribution in [0, 0.1) is 5.92 Å². The Balaban J connectivity index is 0.00000121. The van der Waals surface area contributed by atoms with Gasteiger partial charge in [0.05, 0.1) is 0 Å².